The first-order valence-electron chi connectivity index (χ1n) is 4.46. The summed E-state index contributed by atoms with van der Waals surface area (Å²) < 4.78 is 0. The van der Waals surface area contributed by atoms with Gasteiger partial charge < -0.3 is 5.73 Å². The molecule has 0 aromatic carbocycles. The first-order chi connectivity index (χ1) is 7.83. The van der Waals surface area contributed by atoms with Crippen LogP contribution in [0.25, 0.3) is 0 Å². The van der Waals surface area contributed by atoms with Crippen LogP contribution in [0, 0.1) is 0 Å². The molecule has 0 atom stereocenters. The van der Waals surface area contributed by atoms with E-state index in [1.54, 1.807) is 42.9 Å². The van der Waals surface area contributed by atoms with E-state index in [4.69, 9.17) is 5.73 Å². The molecule has 88 valence electrons. The second-order valence-corrected chi connectivity index (χ2v) is 2.70. The Morgan fingerprint density at radius 2 is 1.76 bits per heavy atom. The Morgan fingerprint density at radius 1 is 1.12 bits per heavy atom. The Labute approximate surface area is 105 Å². The maximum absolute atomic E-state index is 9.65. The molecule has 0 aliphatic rings. The number of nitrogens with zero attached hydrogens (tertiary/aromatic N) is 3. The predicted molar refractivity (Wildman–Crippen MR) is 67.9 cm³/mol. The molecule has 0 amide bonds. The van der Waals surface area contributed by atoms with E-state index in [1.807, 2.05) is 0 Å². The van der Waals surface area contributed by atoms with Crippen LogP contribution in [-0.2, 0) is 4.79 Å². The first-order valence-corrected chi connectivity index (χ1v) is 4.46. The molecule has 2 aromatic rings. The van der Waals surface area contributed by atoms with Gasteiger partial charge in [-0.05, 0) is 24.3 Å². The van der Waals surface area contributed by atoms with Crippen molar-refractivity contribution >= 4 is 29.9 Å². The Balaban J connectivity index is 0.000000292. The molecule has 6 heteroatoms. The van der Waals surface area contributed by atoms with Crippen molar-refractivity contribution in [2.45, 2.75) is 0 Å². The summed E-state index contributed by atoms with van der Waals surface area (Å²) in [6.45, 7) is 0. The van der Waals surface area contributed by atoms with Gasteiger partial charge >= 0.3 is 0 Å². The summed E-state index contributed by atoms with van der Waals surface area (Å²) in [4.78, 5) is 20.5. The van der Waals surface area contributed by atoms with Gasteiger partial charge in [0, 0.05) is 18.6 Å². The summed E-state index contributed by atoms with van der Waals surface area (Å²) in [5, 5.41) is 0. The highest BCUT2D eigenvalue weighted by molar-refractivity contribution is 5.85. The van der Waals surface area contributed by atoms with Crippen molar-refractivity contribution in [2.24, 2.45) is 4.99 Å². The quantitative estimate of drug-likeness (QED) is 0.621. The fourth-order valence-corrected chi connectivity index (χ4v) is 0.849. The predicted octanol–water partition coefficient (Wildman–Crippen LogP) is 2.13. The molecule has 0 unspecified atom stereocenters. The van der Waals surface area contributed by atoms with Crippen LogP contribution < -0.4 is 5.73 Å². The van der Waals surface area contributed by atoms with Crippen LogP contribution >= 0.6 is 12.4 Å². The van der Waals surface area contributed by atoms with Gasteiger partial charge in [-0.25, -0.2) is 4.79 Å². The van der Waals surface area contributed by atoms with Gasteiger partial charge in [-0.1, -0.05) is 0 Å². The topological polar surface area (TPSA) is 81.2 Å². The van der Waals surface area contributed by atoms with E-state index in [2.05, 4.69) is 15.0 Å². The molecule has 2 heterocycles. The number of rotatable bonds is 1. The molecule has 0 aliphatic heterocycles. The van der Waals surface area contributed by atoms with E-state index in [0.29, 0.717) is 11.4 Å². The molecule has 2 rings (SSSR count). The monoisotopic (exact) mass is 250 g/mol. The highest BCUT2D eigenvalue weighted by Gasteiger charge is 1.81. The molecule has 0 spiro atoms. The number of anilines is 1. The highest BCUT2D eigenvalue weighted by Crippen LogP contribution is 2.04. The number of nitrogens with two attached hydrogens (primary N) is 1. The Morgan fingerprint density at radius 3 is 2.12 bits per heavy atom. The zero-order valence-corrected chi connectivity index (χ0v) is 9.67. The van der Waals surface area contributed by atoms with E-state index < -0.39 is 0 Å². The molecular formula is C11H11ClN4O. The van der Waals surface area contributed by atoms with Crippen molar-refractivity contribution in [3.63, 3.8) is 0 Å². The van der Waals surface area contributed by atoms with Gasteiger partial charge in [-0.15, -0.1) is 12.4 Å². The van der Waals surface area contributed by atoms with Gasteiger partial charge in [0.25, 0.3) is 0 Å². The van der Waals surface area contributed by atoms with E-state index in [9.17, 15) is 4.79 Å². The molecule has 2 N–H and O–H groups in total. The third-order valence-electron chi connectivity index (χ3n) is 1.51. The number of isocyanates is 1. The molecule has 0 aliphatic carbocycles. The van der Waals surface area contributed by atoms with Crippen molar-refractivity contribution in [3.05, 3.63) is 49.1 Å². The van der Waals surface area contributed by atoms with Gasteiger partial charge in [-0.2, -0.15) is 4.99 Å². The summed E-state index contributed by atoms with van der Waals surface area (Å²) in [5.41, 5.74) is 6.54. The van der Waals surface area contributed by atoms with E-state index in [-0.39, 0.29) is 12.4 Å². The number of aromatic nitrogens is 2. The molecular weight excluding hydrogens is 240 g/mol. The van der Waals surface area contributed by atoms with Crippen molar-refractivity contribution in [3.8, 4) is 0 Å². The molecule has 0 fully saturated rings. The summed E-state index contributed by atoms with van der Waals surface area (Å²) in [5.74, 6) is 0. The second kappa shape index (κ2) is 9.03. The fourth-order valence-electron chi connectivity index (χ4n) is 0.849. The number of carbonyl (C=O) groups excluding carboxylic acids is 1. The summed E-state index contributed by atoms with van der Waals surface area (Å²) in [6.07, 6.45) is 7.83. The summed E-state index contributed by atoms with van der Waals surface area (Å²) in [6, 6.07) is 6.98. The average molecular weight is 251 g/mol. The molecule has 17 heavy (non-hydrogen) atoms. The molecule has 0 bridgehead atoms. The number of hydrogen-bond acceptors (Lipinski definition) is 5. The zero-order valence-electron chi connectivity index (χ0n) is 8.85. The minimum atomic E-state index is 0. The molecule has 0 saturated carbocycles. The maximum Gasteiger partial charge on any atom is 0.240 e. The normalized spacial score (nSPS) is 7.76. The van der Waals surface area contributed by atoms with Crippen LogP contribution in [0.5, 0.6) is 0 Å². The van der Waals surface area contributed by atoms with Crippen LogP contribution in [0.2, 0.25) is 0 Å². The van der Waals surface area contributed by atoms with Gasteiger partial charge in [0.15, 0.2) is 0 Å². The number of pyridine rings is 2. The lowest BCUT2D eigenvalue weighted by Gasteiger charge is -1.83. The van der Waals surface area contributed by atoms with Crippen LogP contribution in [0.15, 0.2) is 54.0 Å². The summed E-state index contributed by atoms with van der Waals surface area (Å²) >= 11 is 0. The van der Waals surface area contributed by atoms with E-state index in [0.717, 1.165) is 0 Å². The van der Waals surface area contributed by atoms with E-state index >= 15 is 0 Å². The Kier molecular flexibility index (Phi) is 7.84. The standard InChI is InChI=1S/C6H4N2O.C5H6N2.ClH/c9-5-8-6-2-1-3-7-4-6;6-5-2-1-3-7-4-5;/h1-4H;1-4H,6H2;1H. The number of hydrogen-bond donors (Lipinski definition) is 1. The molecule has 0 radical (unpaired) electrons. The molecule has 2 aromatic heterocycles. The lowest BCUT2D eigenvalue weighted by atomic mass is 10.4. The SMILES string of the molecule is Cl.Nc1cccnc1.O=C=Nc1cccnc1. The van der Waals surface area contributed by atoms with Crippen LogP contribution in [-0.4, -0.2) is 16.0 Å². The minimum absolute atomic E-state index is 0. The van der Waals surface area contributed by atoms with Gasteiger partial charge in [-0.3, -0.25) is 9.97 Å². The van der Waals surface area contributed by atoms with Crippen LogP contribution in [0.1, 0.15) is 0 Å². The average Bonchev–Trinajstić information content (AvgIpc) is 2.33. The smallest absolute Gasteiger partial charge is 0.240 e. The Hall–Kier alpha value is -2.23. The lowest BCUT2D eigenvalue weighted by Crippen LogP contribution is -1.82. The number of aliphatic imine (C=N–C) groups is 1. The largest absolute Gasteiger partial charge is 0.397 e. The second-order valence-electron chi connectivity index (χ2n) is 2.70. The minimum Gasteiger partial charge on any atom is -0.397 e. The van der Waals surface area contributed by atoms with Crippen LogP contribution in [0.4, 0.5) is 11.4 Å². The molecule has 5 nitrogen and oxygen atoms in total. The fraction of sp³-hybridized carbons (Fsp3) is 0. The third kappa shape index (κ3) is 6.78. The van der Waals surface area contributed by atoms with Crippen molar-refractivity contribution in [2.75, 3.05) is 5.73 Å². The van der Waals surface area contributed by atoms with Crippen LogP contribution in [0.3, 0.4) is 0 Å². The van der Waals surface area contributed by atoms with Crippen molar-refractivity contribution in [1.82, 2.24) is 9.97 Å². The van der Waals surface area contributed by atoms with E-state index in [1.165, 1.54) is 12.3 Å². The highest BCUT2D eigenvalue weighted by atomic mass is 35.5. The third-order valence-corrected chi connectivity index (χ3v) is 1.51. The lowest BCUT2D eigenvalue weighted by molar-refractivity contribution is 0.565. The van der Waals surface area contributed by atoms with Gasteiger partial charge in [0.05, 0.1) is 17.6 Å². The maximum atomic E-state index is 9.65. The first kappa shape index (κ1) is 14.8. The summed E-state index contributed by atoms with van der Waals surface area (Å²) in [7, 11) is 0. The number of nitrogen functional groups attached to an aromatic ring is 1. The van der Waals surface area contributed by atoms with Crippen molar-refractivity contribution < 1.29 is 4.79 Å². The molecule has 0 saturated heterocycles. The van der Waals surface area contributed by atoms with Gasteiger partial charge in [0.1, 0.15) is 0 Å². The van der Waals surface area contributed by atoms with Gasteiger partial charge in [0.2, 0.25) is 6.08 Å². The zero-order chi connectivity index (χ0) is 11.6. The van der Waals surface area contributed by atoms with Crippen molar-refractivity contribution in [1.29, 1.82) is 0 Å². The Bertz CT molecular complexity index is 457. The number of halogens is 1.